The van der Waals surface area contributed by atoms with Crippen molar-refractivity contribution < 1.29 is 32.5 Å². The molecule has 0 radical (unpaired) electrons. The fourth-order valence-electron chi connectivity index (χ4n) is 2.52. The predicted molar refractivity (Wildman–Crippen MR) is 98.9 cm³/mol. The van der Waals surface area contributed by atoms with Crippen LogP contribution in [-0.2, 0) is 24.0 Å². The number of hydrogen-bond donors (Lipinski definition) is 2. The highest BCUT2D eigenvalue weighted by atomic mass is 32.2. The summed E-state index contributed by atoms with van der Waals surface area (Å²) >= 11 is 0. The predicted octanol–water partition coefficient (Wildman–Crippen LogP) is 0.130. The third kappa shape index (κ3) is 5.38. The summed E-state index contributed by atoms with van der Waals surface area (Å²) in [7, 11) is -3.57. The number of carbonyl (C=O) groups is 1. The summed E-state index contributed by atoms with van der Waals surface area (Å²) in [6, 6.07) is 9.15. The molecule has 29 heavy (non-hydrogen) atoms. The second-order valence-electron chi connectivity index (χ2n) is 5.93. The van der Waals surface area contributed by atoms with E-state index in [9.17, 15) is 18.0 Å². The number of carbonyl (C=O) groups excluding carboxylic acids is 1. The molecule has 1 aromatic heterocycles. The molecule has 0 unspecified atom stereocenters. The van der Waals surface area contributed by atoms with Crippen LogP contribution < -0.4 is 11.0 Å². The van der Waals surface area contributed by atoms with Crippen LogP contribution in [0.25, 0.3) is 0 Å². The van der Waals surface area contributed by atoms with Gasteiger partial charge in [0.1, 0.15) is 12.4 Å². The maximum absolute atomic E-state index is 12.1. The number of benzene rings is 1. The molecule has 0 spiro atoms. The highest BCUT2D eigenvalue weighted by Gasteiger charge is 2.27. The molecular formula is C17H19N3O8S. The van der Waals surface area contributed by atoms with Gasteiger partial charge in [0.05, 0.1) is 23.9 Å². The summed E-state index contributed by atoms with van der Waals surface area (Å²) < 4.78 is 40.7. The molecule has 1 saturated heterocycles. The molecule has 156 valence electrons. The number of aliphatic hydroxyl groups is 1. The molecule has 3 rings (SSSR count). The first-order valence-corrected chi connectivity index (χ1v) is 10.2. The van der Waals surface area contributed by atoms with Crippen molar-refractivity contribution in [1.82, 2.24) is 9.55 Å². The molecule has 2 aromatic rings. The molecule has 11 nitrogen and oxygen atoms in total. The van der Waals surface area contributed by atoms with Crippen molar-refractivity contribution in [3.05, 3.63) is 53.1 Å². The molecule has 0 saturated carbocycles. The Morgan fingerprint density at radius 2 is 2.07 bits per heavy atom. The van der Waals surface area contributed by atoms with Gasteiger partial charge in [-0.25, -0.2) is 18.0 Å². The number of rotatable bonds is 7. The van der Waals surface area contributed by atoms with Crippen molar-refractivity contribution in [2.45, 2.75) is 17.4 Å². The quantitative estimate of drug-likeness (QED) is 0.632. The molecule has 2 N–H and O–H groups in total. The highest BCUT2D eigenvalue weighted by Crippen LogP contribution is 2.19. The van der Waals surface area contributed by atoms with Gasteiger partial charge in [0.25, 0.3) is 0 Å². The lowest BCUT2D eigenvalue weighted by Gasteiger charge is -2.13. The van der Waals surface area contributed by atoms with Gasteiger partial charge < -0.3 is 19.3 Å². The largest absolute Gasteiger partial charge is 0.448 e. The SMILES string of the molecule is O=C(Nc1ccn([C@@H]2CO[C@H](CO)O2)c(=O)n1)OCCS(=O)(=O)c1ccccc1. The summed E-state index contributed by atoms with van der Waals surface area (Å²) in [5.41, 5.74) is -0.707. The van der Waals surface area contributed by atoms with Crippen molar-refractivity contribution in [2.24, 2.45) is 0 Å². The van der Waals surface area contributed by atoms with Crippen molar-refractivity contribution in [3.8, 4) is 0 Å². The molecule has 1 fully saturated rings. The topological polar surface area (TPSA) is 146 Å². The van der Waals surface area contributed by atoms with Gasteiger partial charge in [-0.2, -0.15) is 4.98 Å². The molecule has 1 aliphatic heterocycles. The monoisotopic (exact) mass is 425 g/mol. The Hall–Kier alpha value is -2.80. The van der Waals surface area contributed by atoms with Crippen LogP contribution in [0.4, 0.5) is 10.6 Å². The third-order valence-corrected chi connectivity index (χ3v) is 5.64. The lowest BCUT2D eigenvalue weighted by molar-refractivity contribution is -0.0992. The van der Waals surface area contributed by atoms with E-state index in [0.29, 0.717) is 0 Å². The van der Waals surface area contributed by atoms with E-state index in [2.05, 4.69) is 10.3 Å². The Kier molecular flexibility index (Phi) is 6.59. The Labute approximate surface area is 165 Å². The van der Waals surface area contributed by atoms with Crippen LogP contribution in [0.2, 0.25) is 0 Å². The van der Waals surface area contributed by atoms with Crippen LogP contribution >= 0.6 is 0 Å². The minimum absolute atomic E-state index is 0.0670. The van der Waals surface area contributed by atoms with Crippen LogP contribution in [0.5, 0.6) is 0 Å². The van der Waals surface area contributed by atoms with Crippen LogP contribution in [0.15, 0.2) is 52.3 Å². The lowest BCUT2D eigenvalue weighted by atomic mass is 10.4. The first-order valence-electron chi connectivity index (χ1n) is 8.58. The second-order valence-corrected chi connectivity index (χ2v) is 8.04. The Morgan fingerprint density at radius 1 is 1.31 bits per heavy atom. The first kappa shape index (κ1) is 20.9. The maximum atomic E-state index is 12.1. The summed E-state index contributed by atoms with van der Waals surface area (Å²) in [4.78, 5) is 27.7. The van der Waals surface area contributed by atoms with E-state index in [4.69, 9.17) is 19.3 Å². The molecule has 2 heterocycles. The Morgan fingerprint density at radius 3 is 2.72 bits per heavy atom. The Balaban J connectivity index is 1.52. The van der Waals surface area contributed by atoms with Crippen molar-refractivity contribution in [1.29, 1.82) is 0 Å². The number of sulfone groups is 1. The average molecular weight is 425 g/mol. The molecule has 12 heteroatoms. The van der Waals surface area contributed by atoms with Gasteiger partial charge in [0.15, 0.2) is 22.4 Å². The minimum Gasteiger partial charge on any atom is -0.448 e. The highest BCUT2D eigenvalue weighted by molar-refractivity contribution is 7.91. The normalized spacial score (nSPS) is 19.1. The molecule has 0 aliphatic carbocycles. The van der Waals surface area contributed by atoms with Gasteiger partial charge in [0.2, 0.25) is 0 Å². The second kappa shape index (κ2) is 9.13. The number of anilines is 1. The number of nitrogens with one attached hydrogen (secondary N) is 1. The van der Waals surface area contributed by atoms with Gasteiger partial charge in [-0.1, -0.05) is 18.2 Å². The van der Waals surface area contributed by atoms with Crippen LogP contribution in [-0.4, -0.2) is 61.0 Å². The lowest BCUT2D eigenvalue weighted by Crippen LogP contribution is -2.29. The van der Waals surface area contributed by atoms with Crippen LogP contribution in [0.3, 0.4) is 0 Å². The van der Waals surface area contributed by atoms with Crippen molar-refractivity contribution >= 4 is 21.7 Å². The molecule has 1 amide bonds. The number of nitrogens with zero attached hydrogens (tertiary/aromatic N) is 2. The number of amides is 1. The summed E-state index contributed by atoms with van der Waals surface area (Å²) in [6.07, 6.45) is -1.15. The molecule has 1 aromatic carbocycles. The molecular weight excluding hydrogens is 406 g/mol. The van der Waals surface area contributed by atoms with E-state index in [-0.39, 0.29) is 36.3 Å². The van der Waals surface area contributed by atoms with Crippen molar-refractivity contribution in [3.63, 3.8) is 0 Å². The van der Waals surface area contributed by atoms with Gasteiger partial charge >= 0.3 is 11.8 Å². The summed E-state index contributed by atoms with van der Waals surface area (Å²) in [5, 5.41) is 11.2. The van der Waals surface area contributed by atoms with E-state index in [1.807, 2.05) is 0 Å². The molecule has 2 atom stereocenters. The maximum Gasteiger partial charge on any atom is 0.412 e. The molecule has 1 aliphatic rings. The Bertz CT molecular complexity index is 1010. The number of aromatic nitrogens is 2. The third-order valence-electron chi connectivity index (χ3n) is 3.94. The fraction of sp³-hybridized carbons (Fsp3) is 0.353. The zero-order chi connectivity index (χ0) is 20.9. The number of ether oxygens (including phenoxy) is 3. The minimum atomic E-state index is -3.57. The van der Waals surface area contributed by atoms with E-state index < -0.39 is 34.1 Å². The van der Waals surface area contributed by atoms with E-state index in [1.54, 1.807) is 18.2 Å². The average Bonchev–Trinajstić information content (AvgIpc) is 3.17. The first-order chi connectivity index (χ1) is 13.9. The summed E-state index contributed by atoms with van der Waals surface area (Å²) in [5.74, 6) is -0.454. The molecule has 0 bridgehead atoms. The zero-order valence-corrected chi connectivity index (χ0v) is 15.9. The van der Waals surface area contributed by atoms with E-state index in [1.165, 1.54) is 24.4 Å². The van der Waals surface area contributed by atoms with Gasteiger partial charge in [-0.05, 0) is 18.2 Å². The van der Waals surface area contributed by atoms with Gasteiger partial charge in [0, 0.05) is 6.20 Å². The van der Waals surface area contributed by atoms with Crippen LogP contribution in [0.1, 0.15) is 6.23 Å². The van der Waals surface area contributed by atoms with Crippen LogP contribution in [0, 0.1) is 0 Å². The van der Waals surface area contributed by atoms with Gasteiger partial charge in [-0.3, -0.25) is 9.88 Å². The van der Waals surface area contributed by atoms with E-state index in [0.717, 1.165) is 4.57 Å². The fourth-order valence-corrected chi connectivity index (χ4v) is 3.63. The van der Waals surface area contributed by atoms with Crippen molar-refractivity contribution in [2.75, 3.05) is 30.9 Å². The van der Waals surface area contributed by atoms with E-state index >= 15 is 0 Å². The summed E-state index contributed by atoms with van der Waals surface area (Å²) in [6.45, 7) is -0.641. The smallest absolute Gasteiger partial charge is 0.412 e. The van der Waals surface area contributed by atoms with Gasteiger partial charge in [-0.15, -0.1) is 0 Å². The standard InChI is InChI=1S/C17H19N3O8S/c21-10-15-27-11-14(28-15)20-7-6-13(18-16(20)22)19-17(23)26-8-9-29(24,25)12-4-2-1-3-5-12/h1-7,14-15,21H,8-11H2,(H,18,19,22,23)/t14-,15-/m0/s1. The number of aliphatic hydroxyl groups excluding tert-OH is 1. The number of hydrogen-bond acceptors (Lipinski definition) is 9. The zero-order valence-electron chi connectivity index (χ0n) is 15.1.